The molecular weight excluding hydrogens is 270 g/mol. The number of hydrogen-bond acceptors (Lipinski definition) is 2. The Bertz CT molecular complexity index is 494. The van der Waals surface area contributed by atoms with Crippen LogP contribution in [0.25, 0.3) is 0 Å². The number of aryl methyl sites for hydroxylation is 2. The van der Waals surface area contributed by atoms with Gasteiger partial charge in [0.25, 0.3) is 0 Å². The SMILES string of the molecule is CCCN(CCCl)S(=O)(=O)c1ccc(C)cc1C. The Balaban J connectivity index is 3.17. The van der Waals surface area contributed by atoms with Gasteiger partial charge >= 0.3 is 0 Å². The molecule has 5 heteroatoms. The zero-order valence-corrected chi connectivity index (χ0v) is 12.7. The van der Waals surface area contributed by atoms with Crippen molar-refractivity contribution in [1.29, 1.82) is 0 Å². The molecular formula is C13H20ClNO2S. The molecule has 0 bridgehead atoms. The number of rotatable bonds is 6. The first-order valence-corrected chi connectivity index (χ1v) is 8.04. The molecule has 0 spiro atoms. The Morgan fingerprint density at radius 3 is 2.39 bits per heavy atom. The van der Waals surface area contributed by atoms with Gasteiger partial charge in [0, 0.05) is 19.0 Å². The molecule has 0 atom stereocenters. The van der Waals surface area contributed by atoms with Gasteiger partial charge < -0.3 is 0 Å². The van der Waals surface area contributed by atoms with Gasteiger partial charge in [-0.25, -0.2) is 8.42 Å². The maximum atomic E-state index is 12.5. The minimum Gasteiger partial charge on any atom is -0.207 e. The van der Waals surface area contributed by atoms with Gasteiger partial charge in [-0.1, -0.05) is 24.6 Å². The van der Waals surface area contributed by atoms with E-state index in [1.54, 1.807) is 6.07 Å². The van der Waals surface area contributed by atoms with Crippen molar-refractivity contribution in [2.24, 2.45) is 0 Å². The van der Waals surface area contributed by atoms with Crippen molar-refractivity contribution in [2.75, 3.05) is 19.0 Å². The molecule has 0 radical (unpaired) electrons. The molecule has 0 heterocycles. The van der Waals surface area contributed by atoms with E-state index in [9.17, 15) is 8.42 Å². The first-order valence-electron chi connectivity index (χ1n) is 6.06. The van der Waals surface area contributed by atoms with Crippen LogP contribution < -0.4 is 0 Å². The average Bonchev–Trinajstić information content (AvgIpc) is 2.28. The van der Waals surface area contributed by atoms with Crippen molar-refractivity contribution in [1.82, 2.24) is 4.31 Å². The van der Waals surface area contributed by atoms with Crippen LogP contribution in [0.15, 0.2) is 23.1 Å². The quantitative estimate of drug-likeness (QED) is 0.755. The zero-order valence-electron chi connectivity index (χ0n) is 11.1. The van der Waals surface area contributed by atoms with Crippen molar-refractivity contribution < 1.29 is 8.42 Å². The summed E-state index contributed by atoms with van der Waals surface area (Å²) in [6.45, 7) is 6.59. The highest BCUT2D eigenvalue weighted by Crippen LogP contribution is 2.21. The maximum Gasteiger partial charge on any atom is 0.243 e. The van der Waals surface area contributed by atoms with Gasteiger partial charge in [-0.2, -0.15) is 4.31 Å². The predicted octanol–water partition coefficient (Wildman–Crippen LogP) is 2.94. The van der Waals surface area contributed by atoms with Gasteiger partial charge in [0.15, 0.2) is 0 Å². The third kappa shape index (κ3) is 3.46. The summed E-state index contributed by atoms with van der Waals surface area (Å²) >= 11 is 5.68. The topological polar surface area (TPSA) is 37.4 Å². The van der Waals surface area contributed by atoms with Gasteiger partial charge in [0.2, 0.25) is 10.0 Å². The second-order valence-corrected chi connectivity index (χ2v) is 6.65. The minimum atomic E-state index is -3.42. The van der Waals surface area contributed by atoms with Gasteiger partial charge in [-0.15, -0.1) is 11.6 Å². The largest absolute Gasteiger partial charge is 0.243 e. The normalized spacial score (nSPS) is 12.1. The van der Waals surface area contributed by atoms with Crippen LogP contribution in [-0.2, 0) is 10.0 Å². The summed E-state index contributed by atoms with van der Waals surface area (Å²) in [7, 11) is -3.42. The van der Waals surface area contributed by atoms with E-state index < -0.39 is 10.0 Å². The lowest BCUT2D eigenvalue weighted by atomic mass is 10.2. The molecule has 0 saturated heterocycles. The Morgan fingerprint density at radius 2 is 1.89 bits per heavy atom. The van der Waals surface area contributed by atoms with E-state index >= 15 is 0 Å². The van der Waals surface area contributed by atoms with Crippen LogP contribution in [0.5, 0.6) is 0 Å². The van der Waals surface area contributed by atoms with Gasteiger partial charge in [-0.05, 0) is 31.9 Å². The monoisotopic (exact) mass is 289 g/mol. The highest BCUT2D eigenvalue weighted by molar-refractivity contribution is 7.89. The highest BCUT2D eigenvalue weighted by atomic mass is 35.5. The molecule has 0 amide bonds. The summed E-state index contributed by atoms with van der Waals surface area (Å²) in [6.07, 6.45) is 0.779. The molecule has 0 fully saturated rings. The Morgan fingerprint density at radius 1 is 1.22 bits per heavy atom. The number of sulfonamides is 1. The molecule has 0 aromatic heterocycles. The molecule has 1 aromatic rings. The first-order chi connectivity index (χ1) is 8.43. The van der Waals surface area contributed by atoms with Crippen molar-refractivity contribution in [3.05, 3.63) is 29.3 Å². The molecule has 0 aliphatic heterocycles. The van der Waals surface area contributed by atoms with Crippen molar-refractivity contribution in [3.8, 4) is 0 Å². The van der Waals surface area contributed by atoms with E-state index in [1.165, 1.54) is 4.31 Å². The summed E-state index contributed by atoms with van der Waals surface area (Å²) in [4.78, 5) is 0.381. The summed E-state index contributed by atoms with van der Waals surface area (Å²) < 4.78 is 26.5. The van der Waals surface area contributed by atoms with Crippen LogP contribution in [0.1, 0.15) is 24.5 Å². The Hall–Kier alpha value is -0.580. The lowest BCUT2D eigenvalue weighted by molar-refractivity contribution is 0.428. The van der Waals surface area contributed by atoms with E-state index in [1.807, 2.05) is 32.9 Å². The van der Waals surface area contributed by atoms with Crippen LogP contribution >= 0.6 is 11.6 Å². The van der Waals surface area contributed by atoms with E-state index in [-0.39, 0.29) is 0 Å². The summed E-state index contributed by atoms with van der Waals surface area (Å²) in [5.41, 5.74) is 1.84. The lowest BCUT2D eigenvalue weighted by Crippen LogP contribution is -2.33. The van der Waals surface area contributed by atoms with E-state index in [0.717, 1.165) is 17.5 Å². The average molecular weight is 290 g/mol. The molecule has 18 heavy (non-hydrogen) atoms. The summed E-state index contributed by atoms with van der Waals surface area (Å²) in [6, 6.07) is 5.39. The van der Waals surface area contributed by atoms with Crippen LogP contribution in [-0.4, -0.2) is 31.7 Å². The van der Waals surface area contributed by atoms with E-state index in [0.29, 0.717) is 23.9 Å². The smallest absolute Gasteiger partial charge is 0.207 e. The third-order valence-corrected chi connectivity index (χ3v) is 4.98. The number of hydrogen-bond donors (Lipinski definition) is 0. The fourth-order valence-corrected chi connectivity index (χ4v) is 3.97. The first kappa shape index (κ1) is 15.5. The van der Waals surface area contributed by atoms with Gasteiger partial charge in [0.1, 0.15) is 0 Å². The van der Waals surface area contributed by atoms with Gasteiger partial charge in [-0.3, -0.25) is 0 Å². The molecule has 1 aromatic carbocycles. The number of benzene rings is 1. The van der Waals surface area contributed by atoms with Gasteiger partial charge in [0.05, 0.1) is 4.90 Å². The highest BCUT2D eigenvalue weighted by Gasteiger charge is 2.24. The molecule has 1 rings (SSSR count). The van der Waals surface area contributed by atoms with Crippen molar-refractivity contribution in [2.45, 2.75) is 32.1 Å². The molecule has 0 aliphatic carbocycles. The molecule has 3 nitrogen and oxygen atoms in total. The molecule has 0 unspecified atom stereocenters. The Labute approximate surface area is 115 Å². The van der Waals surface area contributed by atoms with E-state index in [4.69, 9.17) is 11.6 Å². The maximum absolute atomic E-state index is 12.5. The summed E-state index contributed by atoms with van der Waals surface area (Å²) in [5, 5.41) is 0. The predicted molar refractivity (Wildman–Crippen MR) is 75.7 cm³/mol. The second kappa shape index (κ2) is 6.55. The van der Waals surface area contributed by atoms with Crippen LogP contribution in [0.2, 0.25) is 0 Å². The fourth-order valence-electron chi connectivity index (χ4n) is 1.92. The fraction of sp³-hybridized carbons (Fsp3) is 0.538. The van der Waals surface area contributed by atoms with Crippen LogP contribution in [0.3, 0.4) is 0 Å². The van der Waals surface area contributed by atoms with Crippen molar-refractivity contribution in [3.63, 3.8) is 0 Å². The molecule has 0 aliphatic rings. The number of nitrogens with zero attached hydrogens (tertiary/aromatic N) is 1. The Kier molecular flexibility index (Phi) is 5.63. The number of alkyl halides is 1. The standard InChI is InChI=1S/C13H20ClNO2S/c1-4-8-15(9-7-14)18(16,17)13-6-5-11(2)10-12(13)3/h5-6,10H,4,7-9H2,1-3H3. The van der Waals surface area contributed by atoms with E-state index in [2.05, 4.69) is 0 Å². The zero-order chi connectivity index (χ0) is 13.8. The number of halogens is 1. The lowest BCUT2D eigenvalue weighted by Gasteiger charge is -2.21. The molecule has 0 N–H and O–H groups in total. The van der Waals surface area contributed by atoms with Crippen LogP contribution in [0, 0.1) is 13.8 Å². The third-order valence-electron chi connectivity index (χ3n) is 2.76. The van der Waals surface area contributed by atoms with Crippen LogP contribution in [0.4, 0.5) is 0 Å². The summed E-state index contributed by atoms with van der Waals surface area (Å²) in [5.74, 6) is 0.310. The molecule has 102 valence electrons. The van der Waals surface area contributed by atoms with Crippen molar-refractivity contribution >= 4 is 21.6 Å². The minimum absolute atomic E-state index is 0.310. The molecule has 0 saturated carbocycles. The second-order valence-electron chi connectivity index (χ2n) is 4.36.